The third-order valence-electron chi connectivity index (χ3n) is 3.18. The van der Waals surface area contributed by atoms with Crippen LogP contribution in [0.5, 0.6) is 5.88 Å². The molecule has 112 valence electrons. The van der Waals surface area contributed by atoms with Crippen LogP contribution in [0.3, 0.4) is 0 Å². The maximum absolute atomic E-state index is 12.0. The molecule has 2 rings (SSSR count). The van der Waals surface area contributed by atoms with E-state index in [-0.39, 0.29) is 23.9 Å². The molecule has 0 aliphatic heterocycles. The number of ether oxygens (including phenoxy) is 1. The second-order valence-electron chi connectivity index (χ2n) is 5.00. The summed E-state index contributed by atoms with van der Waals surface area (Å²) in [5.41, 5.74) is -0.566. The molecule has 0 spiro atoms. The van der Waals surface area contributed by atoms with Crippen molar-refractivity contribution in [3.05, 3.63) is 51.2 Å². The lowest BCUT2D eigenvalue weighted by Crippen LogP contribution is -2.33. The minimum absolute atomic E-state index is 0.0214. The zero-order valence-corrected chi connectivity index (χ0v) is 12.0. The van der Waals surface area contributed by atoms with Crippen LogP contribution in [0.4, 0.5) is 0 Å². The number of nitrogens with zero attached hydrogens (tertiary/aromatic N) is 1. The summed E-state index contributed by atoms with van der Waals surface area (Å²) in [5.74, 6) is -0.300. The van der Waals surface area contributed by atoms with Crippen molar-refractivity contribution >= 4 is 0 Å². The van der Waals surface area contributed by atoms with Gasteiger partial charge in [-0.2, -0.15) is 0 Å². The average molecular weight is 290 g/mol. The molecule has 2 aromatic rings. The zero-order valence-electron chi connectivity index (χ0n) is 12.0. The fourth-order valence-corrected chi connectivity index (χ4v) is 2.24. The third kappa shape index (κ3) is 3.22. The Morgan fingerprint density at radius 1 is 1.29 bits per heavy atom. The van der Waals surface area contributed by atoms with Crippen molar-refractivity contribution in [1.82, 2.24) is 9.55 Å². The molecule has 0 radical (unpaired) electrons. The summed E-state index contributed by atoms with van der Waals surface area (Å²) in [7, 11) is 1.57. The Kier molecular flexibility index (Phi) is 4.59. The van der Waals surface area contributed by atoms with E-state index in [4.69, 9.17) is 4.74 Å². The highest BCUT2D eigenvalue weighted by Crippen LogP contribution is 2.24. The van der Waals surface area contributed by atoms with Crippen LogP contribution in [0.15, 0.2) is 39.9 Å². The van der Waals surface area contributed by atoms with Crippen molar-refractivity contribution in [3.8, 4) is 17.0 Å². The van der Waals surface area contributed by atoms with E-state index in [2.05, 4.69) is 4.98 Å². The van der Waals surface area contributed by atoms with Gasteiger partial charge in [0.25, 0.3) is 5.56 Å². The molecule has 1 unspecified atom stereocenters. The molecule has 0 fully saturated rings. The van der Waals surface area contributed by atoms with E-state index in [1.807, 2.05) is 13.0 Å². The van der Waals surface area contributed by atoms with Crippen molar-refractivity contribution in [3.63, 3.8) is 0 Å². The van der Waals surface area contributed by atoms with E-state index in [0.717, 1.165) is 4.57 Å². The van der Waals surface area contributed by atoms with Gasteiger partial charge in [0.1, 0.15) is 5.56 Å². The normalized spacial score (nSPS) is 12.3. The van der Waals surface area contributed by atoms with Crippen molar-refractivity contribution in [1.29, 1.82) is 0 Å². The van der Waals surface area contributed by atoms with Gasteiger partial charge in [-0.15, -0.1) is 0 Å². The van der Waals surface area contributed by atoms with E-state index in [9.17, 15) is 14.7 Å². The Labute approximate surface area is 121 Å². The molecular formula is C15H18N2O4. The molecule has 21 heavy (non-hydrogen) atoms. The van der Waals surface area contributed by atoms with Crippen molar-refractivity contribution in [2.75, 3.05) is 13.7 Å². The predicted molar refractivity (Wildman–Crippen MR) is 79.5 cm³/mol. The molecule has 1 aromatic heterocycles. The highest BCUT2D eigenvalue weighted by molar-refractivity contribution is 5.67. The number of benzene rings is 1. The summed E-state index contributed by atoms with van der Waals surface area (Å²) in [5, 5.41) is 10.3. The maximum atomic E-state index is 12.0. The van der Waals surface area contributed by atoms with Crippen LogP contribution in [0.2, 0.25) is 0 Å². The first-order chi connectivity index (χ1) is 10.0. The fourth-order valence-electron chi connectivity index (χ4n) is 2.24. The summed E-state index contributed by atoms with van der Waals surface area (Å²) in [4.78, 5) is 26.1. The maximum Gasteiger partial charge on any atom is 0.331 e. The Balaban J connectivity index is 2.53. The van der Waals surface area contributed by atoms with Gasteiger partial charge in [0.2, 0.25) is 5.88 Å². The third-order valence-corrected chi connectivity index (χ3v) is 3.18. The molecule has 1 aromatic carbocycles. The second-order valence-corrected chi connectivity index (χ2v) is 5.00. The number of methoxy groups -OCH3 is 1. The number of hydrogen-bond acceptors (Lipinski definition) is 4. The van der Waals surface area contributed by atoms with Crippen molar-refractivity contribution < 1.29 is 9.84 Å². The lowest BCUT2D eigenvalue weighted by Gasteiger charge is -2.15. The number of aromatic nitrogens is 2. The smallest absolute Gasteiger partial charge is 0.331 e. The molecule has 2 N–H and O–H groups in total. The van der Waals surface area contributed by atoms with Crippen LogP contribution in [0, 0.1) is 5.92 Å². The SMILES string of the molecule is COCC(C)Cn1c(O)c(-c2ccccc2)c(=O)[nH]c1=O. The average Bonchev–Trinajstić information content (AvgIpc) is 2.45. The van der Waals surface area contributed by atoms with E-state index < -0.39 is 11.2 Å². The molecule has 0 amide bonds. The molecule has 0 bridgehead atoms. The molecule has 0 saturated heterocycles. The van der Waals surface area contributed by atoms with E-state index >= 15 is 0 Å². The topological polar surface area (TPSA) is 84.3 Å². The number of nitrogens with one attached hydrogen (secondary N) is 1. The zero-order chi connectivity index (χ0) is 15.4. The van der Waals surface area contributed by atoms with Gasteiger partial charge in [0.15, 0.2) is 0 Å². The first-order valence-corrected chi connectivity index (χ1v) is 6.65. The van der Waals surface area contributed by atoms with Gasteiger partial charge in [-0.05, 0) is 11.5 Å². The molecule has 6 nitrogen and oxygen atoms in total. The number of H-pyrrole nitrogens is 1. The van der Waals surface area contributed by atoms with Crippen LogP contribution in [-0.2, 0) is 11.3 Å². The van der Waals surface area contributed by atoms with Crippen LogP contribution in [-0.4, -0.2) is 28.4 Å². The van der Waals surface area contributed by atoms with Gasteiger partial charge in [-0.3, -0.25) is 14.3 Å². The highest BCUT2D eigenvalue weighted by Gasteiger charge is 2.17. The van der Waals surface area contributed by atoms with Gasteiger partial charge < -0.3 is 9.84 Å². The summed E-state index contributed by atoms with van der Waals surface area (Å²) in [6, 6.07) is 8.75. The van der Waals surface area contributed by atoms with Gasteiger partial charge >= 0.3 is 5.69 Å². The Morgan fingerprint density at radius 2 is 1.95 bits per heavy atom. The van der Waals surface area contributed by atoms with Crippen LogP contribution < -0.4 is 11.2 Å². The van der Waals surface area contributed by atoms with Gasteiger partial charge in [-0.1, -0.05) is 37.3 Å². The summed E-state index contributed by atoms with van der Waals surface area (Å²) in [6.07, 6.45) is 0. The molecular weight excluding hydrogens is 272 g/mol. The second kappa shape index (κ2) is 6.41. The number of hydrogen-bond donors (Lipinski definition) is 2. The predicted octanol–water partition coefficient (Wildman–Crippen LogP) is 1.19. The number of rotatable bonds is 5. The standard InChI is InChI=1S/C15H18N2O4/c1-10(9-21-2)8-17-14(19)12(13(18)16-15(17)20)11-6-4-3-5-7-11/h3-7,10,19H,8-9H2,1-2H3,(H,16,18,20). The first kappa shape index (κ1) is 15.1. The number of aromatic amines is 1. The van der Waals surface area contributed by atoms with E-state index in [1.165, 1.54) is 0 Å². The summed E-state index contributed by atoms with van der Waals surface area (Å²) >= 11 is 0. The lowest BCUT2D eigenvalue weighted by molar-refractivity contribution is 0.149. The molecule has 0 aliphatic carbocycles. The fraction of sp³-hybridized carbons (Fsp3) is 0.333. The van der Waals surface area contributed by atoms with Crippen LogP contribution in [0.1, 0.15) is 6.92 Å². The Hall–Kier alpha value is -2.34. The Bertz CT molecular complexity index is 719. The molecule has 6 heteroatoms. The lowest BCUT2D eigenvalue weighted by atomic mass is 10.1. The highest BCUT2D eigenvalue weighted by atomic mass is 16.5. The quantitative estimate of drug-likeness (QED) is 0.866. The van der Waals surface area contributed by atoms with Crippen molar-refractivity contribution in [2.24, 2.45) is 5.92 Å². The summed E-state index contributed by atoms with van der Waals surface area (Å²) < 4.78 is 6.19. The van der Waals surface area contributed by atoms with Crippen LogP contribution in [0.25, 0.3) is 11.1 Å². The molecule has 0 saturated carbocycles. The van der Waals surface area contributed by atoms with Crippen LogP contribution >= 0.6 is 0 Å². The van der Waals surface area contributed by atoms with Gasteiger partial charge in [-0.25, -0.2) is 4.79 Å². The molecule has 0 aliphatic rings. The Morgan fingerprint density at radius 3 is 2.57 bits per heavy atom. The first-order valence-electron chi connectivity index (χ1n) is 6.65. The van der Waals surface area contributed by atoms with E-state index in [0.29, 0.717) is 12.2 Å². The van der Waals surface area contributed by atoms with Gasteiger partial charge in [0, 0.05) is 13.7 Å². The van der Waals surface area contributed by atoms with E-state index in [1.54, 1.807) is 31.4 Å². The molecule has 1 heterocycles. The van der Waals surface area contributed by atoms with Gasteiger partial charge in [0.05, 0.1) is 6.61 Å². The number of aromatic hydroxyl groups is 1. The minimum atomic E-state index is -0.625. The minimum Gasteiger partial charge on any atom is -0.494 e. The molecule has 1 atom stereocenters. The largest absolute Gasteiger partial charge is 0.494 e. The van der Waals surface area contributed by atoms with Crippen molar-refractivity contribution in [2.45, 2.75) is 13.5 Å². The monoisotopic (exact) mass is 290 g/mol. The summed E-state index contributed by atoms with van der Waals surface area (Å²) in [6.45, 7) is 2.60.